The van der Waals surface area contributed by atoms with Crippen molar-refractivity contribution >= 4 is 11.8 Å². The summed E-state index contributed by atoms with van der Waals surface area (Å²) in [5.41, 5.74) is 0. The zero-order valence-electron chi connectivity index (χ0n) is 10.0. The van der Waals surface area contributed by atoms with Gasteiger partial charge in [0.05, 0.1) is 0 Å². The highest BCUT2D eigenvalue weighted by Crippen LogP contribution is 2.27. The number of likely N-dealkylation sites (N-methyl/N-ethyl adjacent to an activating group) is 1. The maximum absolute atomic E-state index is 3.72. The molecule has 2 atom stereocenters. The fraction of sp³-hybridized carbons (Fsp3) is 1.00. The van der Waals surface area contributed by atoms with Crippen LogP contribution in [0.4, 0.5) is 0 Å². The van der Waals surface area contributed by atoms with Crippen LogP contribution in [0, 0.1) is 0 Å². The van der Waals surface area contributed by atoms with Gasteiger partial charge in [-0.05, 0) is 31.6 Å². The van der Waals surface area contributed by atoms with Gasteiger partial charge in [-0.2, -0.15) is 11.8 Å². The van der Waals surface area contributed by atoms with Gasteiger partial charge in [-0.3, -0.25) is 4.90 Å². The SMILES string of the molecule is CCN(CCNC1CCSC1C)C1CC1. The largest absolute Gasteiger partial charge is 0.312 e. The topological polar surface area (TPSA) is 15.3 Å². The molecular formula is C12H24N2S. The van der Waals surface area contributed by atoms with E-state index in [4.69, 9.17) is 0 Å². The summed E-state index contributed by atoms with van der Waals surface area (Å²) in [5.74, 6) is 1.35. The molecule has 2 fully saturated rings. The van der Waals surface area contributed by atoms with Crippen LogP contribution in [0.1, 0.15) is 33.1 Å². The van der Waals surface area contributed by atoms with Gasteiger partial charge in [0.1, 0.15) is 0 Å². The van der Waals surface area contributed by atoms with Gasteiger partial charge in [0, 0.05) is 30.4 Å². The van der Waals surface area contributed by atoms with E-state index >= 15 is 0 Å². The van der Waals surface area contributed by atoms with Crippen LogP contribution < -0.4 is 5.32 Å². The lowest BCUT2D eigenvalue weighted by molar-refractivity contribution is 0.272. The van der Waals surface area contributed by atoms with Crippen molar-refractivity contribution in [2.75, 3.05) is 25.4 Å². The maximum Gasteiger partial charge on any atom is 0.0192 e. The van der Waals surface area contributed by atoms with Crippen LogP contribution in [0.5, 0.6) is 0 Å². The van der Waals surface area contributed by atoms with Gasteiger partial charge in [-0.25, -0.2) is 0 Å². The summed E-state index contributed by atoms with van der Waals surface area (Å²) in [6.45, 7) is 8.29. The normalized spacial score (nSPS) is 31.4. The summed E-state index contributed by atoms with van der Waals surface area (Å²) in [5, 5.41) is 4.54. The molecule has 0 aromatic heterocycles. The predicted octanol–water partition coefficient (Wildman–Crippen LogP) is 1.95. The molecule has 1 aliphatic heterocycles. The first-order valence-corrected chi connectivity index (χ1v) is 7.45. The van der Waals surface area contributed by atoms with Crippen LogP contribution in [0.25, 0.3) is 0 Å². The van der Waals surface area contributed by atoms with E-state index in [-0.39, 0.29) is 0 Å². The molecule has 3 heteroatoms. The average molecular weight is 228 g/mol. The summed E-state index contributed by atoms with van der Waals surface area (Å²) in [6.07, 6.45) is 4.23. The van der Waals surface area contributed by atoms with Crippen LogP contribution >= 0.6 is 11.8 Å². The zero-order valence-corrected chi connectivity index (χ0v) is 10.9. The Morgan fingerprint density at radius 3 is 2.67 bits per heavy atom. The Hall–Kier alpha value is 0.270. The maximum atomic E-state index is 3.72. The van der Waals surface area contributed by atoms with Gasteiger partial charge in [0.2, 0.25) is 0 Å². The molecule has 1 N–H and O–H groups in total. The number of nitrogens with zero attached hydrogens (tertiary/aromatic N) is 1. The van der Waals surface area contributed by atoms with Crippen molar-refractivity contribution in [1.82, 2.24) is 10.2 Å². The Kier molecular flexibility index (Phi) is 4.35. The molecule has 0 aromatic rings. The third kappa shape index (κ3) is 3.36. The van der Waals surface area contributed by atoms with Gasteiger partial charge in [-0.15, -0.1) is 0 Å². The van der Waals surface area contributed by atoms with Crippen LogP contribution in [-0.2, 0) is 0 Å². The molecule has 1 saturated carbocycles. The standard InChI is InChI=1S/C12H24N2S/c1-3-14(11-4-5-11)8-7-13-12-6-9-15-10(12)2/h10-13H,3-9H2,1-2H3. The molecule has 2 rings (SSSR count). The molecule has 1 saturated heterocycles. The van der Waals surface area contributed by atoms with Gasteiger partial charge < -0.3 is 5.32 Å². The van der Waals surface area contributed by atoms with E-state index in [2.05, 4.69) is 35.8 Å². The van der Waals surface area contributed by atoms with E-state index in [1.165, 1.54) is 44.6 Å². The number of thioether (sulfide) groups is 1. The second-order valence-electron chi connectivity index (χ2n) is 4.78. The zero-order chi connectivity index (χ0) is 10.7. The molecule has 0 aromatic carbocycles. The summed E-state index contributed by atoms with van der Waals surface area (Å²) in [6, 6.07) is 1.69. The molecule has 1 aliphatic carbocycles. The number of hydrogen-bond donors (Lipinski definition) is 1. The van der Waals surface area contributed by atoms with Crippen molar-refractivity contribution in [3.63, 3.8) is 0 Å². The average Bonchev–Trinajstić information content (AvgIpc) is 2.99. The Labute approximate surface area is 98.2 Å². The third-order valence-electron chi connectivity index (χ3n) is 3.65. The minimum Gasteiger partial charge on any atom is -0.312 e. The van der Waals surface area contributed by atoms with Crippen molar-refractivity contribution in [2.24, 2.45) is 0 Å². The first-order chi connectivity index (χ1) is 7.31. The Balaban J connectivity index is 1.60. The Bertz CT molecular complexity index is 192. The van der Waals surface area contributed by atoms with Gasteiger partial charge in [0.15, 0.2) is 0 Å². The molecule has 15 heavy (non-hydrogen) atoms. The monoisotopic (exact) mass is 228 g/mol. The van der Waals surface area contributed by atoms with E-state index in [1.807, 2.05) is 0 Å². The van der Waals surface area contributed by atoms with Gasteiger partial charge in [-0.1, -0.05) is 13.8 Å². The summed E-state index contributed by atoms with van der Waals surface area (Å²) < 4.78 is 0. The van der Waals surface area contributed by atoms with E-state index in [0.29, 0.717) is 0 Å². The van der Waals surface area contributed by atoms with E-state index in [1.54, 1.807) is 0 Å². The Morgan fingerprint density at radius 2 is 2.13 bits per heavy atom. The molecule has 2 aliphatic rings. The minimum atomic E-state index is 0.771. The summed E-state index contributed by atoms with van der Waals surface area (Å²) >= 11 is 2.11. The van der Waals surface area contributed by atoms with Crippen molar-refractivity contribution in [3.05, 3.63) is 0 Å². The number of nitrogens with one attached hydrogen (secondary N) is 1. The van der Waals surface area contributed by atoms with Crippen molar-refractivity contribution in [1.29, 1.82) is 0 Å². The smallest absolute Gasteiger partial charge is 0.0192 e. The first kappa shape index (κ1) is 11.7. The third-order valence-corrected chi connectivity index (χ3v) is 4.98. The molecule has 0 bridgehead atoms. The number of rotatable bonds is 6. The second-order valence-corrected chi connectivity index (χ2v) is 6.27. The fourth-order valence-corrected chi connectivity index (χ4v) is 3.66. The van der Waals surface area contributed by atoms with Gasteiger partial charge >= 0.3 is 0 Å². The van der Waals surface area contributed by atoms with Crippen LogP contribution in [0.2, 0.25) is 0 Å². The van der Waals surface area contributed by atoms with Crippen LogP contribution in [0.15, 0.2) is 0 Å². The number of hydrogen-bond acceptors (Lipinski definition) is 3. The van der Waals surface area contributed by atoms with Crippen molar-refractivity contribution < 1.29 is 0 Å². The molecule has 2 nitrogen and oxygen atoms in total. The highest BCUT2D eigenvalue weighted by atomic mass is 32.2. The van der Waals surface area contributed by atoms with Crippen molar-refractivity contribution in [3.8, 4) is 0 Å². The fourth-order valence-electron chi connectivity index (χ4n) is 2.43. The quantitative estimate of drug-likeness (QED) is 0.748. The van der Waals surface area contributed by atoms with Crippen molar-refractivity contribution in [2.45, 2.75) is 50.4 Å². The highest BCUT2D eigenvalue weighted by Gasteiger charge is 2.28. The molecule has 88 valence electrons. The van der Waals surface area contributed by atoms with E-state index < -0.39 is 0 Å². The molecule has 0 amide bonds. The lowest BCUT2D eigenvalue weighted by Gasteiger charge is -2.22. The Morgan fingerprint density at radius 1 is 1.33 bits per heavy atom. The molecule has 0 spiro atoms. The lowest BCUT2D eigenvalue weighted by Crippen LogP contribution is -2.40. The summed E-state index contributed by atoms with van der Waals surface area (Å²) in [4.78, 5) is 2.62. The molecule has 1 heterocycles. The lowest BCUT2D eigenvalue weighted by atomic mass is 10.2. The van der Waals surface area contributed by atoms with E-state index in [0.717, 1.165) is 17.3 Å². The van der Waals surface area contributed by atoms with Crippen LogP contribution in [0.3, 0.4) is 0 Å². The van der Waals surface area contributed by atoms with Crippen LogP contribution in [-0.4, -0.2) is 47.6 Å². The molecule has 0 radical (unpaired) electrons. The minimum absolute atomic E-state index is 0.771. The molecule has 2 unspecified atom stereocenters. The molecular weight excluding hydrogens is 204 g/mol. The summed E-state index contributed by atoms with van der Waals surface area (Å²) in [7, 11) is 0. The first-order valence-electron chi connectivity index (χ1n) is 6.40. The second kappa shape index (κ2) is 5.55. The highest BCUT2D eigenvalue weighted by molar-refractivity contribution is 8.00. The predicted molar refractivity (Wildman–Crippen MR) is 68.6 cm³/mol. The van der Waals surface area contributed by atoms with Gasteiger partial charge in [0.25, 0.3) is 0 Å². The van der Waals surface area contributed by atoms with E-state index in [9.17, 15) is 0 Å².